The maximum atomic E-state index is 12.0. The van der Waals surface area contributed by atoms with Gasteiger partial charge in [0.25, 0.3) is 0 Å². The van der Waals surface area contributed by atoms with Crippen LogP contribution in [0.5, 0.6) is 5.75 Å². The predicted octanol–water partition coefficient (Wildman–Crippen LogP) is 2.71. The molecular weight excluding hydrogens is 342 g/mol. The number of hydrogen-bond acceptors (Lipinski definition) is 5. The average molecular weight is 367 g/mol. The molecule has 2 rings (SSSR count). The Labute approximate surface area is 159 Å². The Kier molecular flexibility index (Phi) is 7.47. The zero-order valence-electron chi connectivity index (χ0n) is 15.5. The van der Waals surface area contributed by atoms with Crippen molar-refractivity contribution in [2.75, 3.05) is 11.9 Å². The van der Waals surface area contributed by atoms with Crippen molar-refractivity contribution < 1.29 is 9.90 Å². The third-order valence-electron chi connectivity index (χ3n) is 3.94. The molecule has 0 fully saturated rings. The highest BCUT2D eigenvalue weighted by atomic mass is 16.3. The van der Waals surface area contributed by atoms with Gasteiger partial charge in [0.2, 0.25) is 0 Å². The number of amides is 2. The first kappa shape index (κ1) is 20.1. The topological polar surface area (TPSA) is 109 Å². The number of nitriles is 1. The molecule has 7 heteroatoms. The Morgan fingerprint density at radius 1 is 1.19 bits per heavy atom. The smallest absolute Gasteiger partial charge is 0.317 e. The van der Waals surface area contributed by atoms with Crippen LogP contribution in [0.25, 0.3) is 0 Å². The molecule has 5 N–H and O–H groups in total. The zero-order valence-corrected chi connectivity index (χ0v) is 15.5. The van der Waals surface area contributed by atoms with E-state index in [0.29, 0.717) is 6.54 Å². The molecule has 0 aliphatic carbocycles. The molecule has 0 saturated heterocycles. The normalized spacial score (nSPS) is 11.3. The average Bonchev–Trinajstić information content (AvgIpc) is 2.64. The van der Waals surface area contributed by atoms with E-state index in [1.807, 2.05) is 37.3 Å². The molecule has 0 spiro atoms. The Morgan fingerprint density at radius 2 is 1.93 bits per heavy atom. The molecule has 2 aromatic carbocycles. The van der Waals surface area contributed by atoms with Gasteiger partial charge in [-0.05, 0) is 43.2 Å². The van der Waals surface area contributed by atoms with Crippen LogP contribution in [0.2, 0.25) is 0 Å². The monoisotopic (exact) mass is 367 g/mol. The van der Waals surface area contributed by atoms with Crippen LogP contribution < -0.4 is 21.3 Å². The molecule has 0 bridgehead atoms. The number of phenolic OH excluding ortho intramolecular Hbond substituents is 1. The van der Waals surface area contributed by atoms with Crippen LogP contribution in [0.15, 0.2) is 42.5 Å². The number of rotatable bonds is 8. The standard InChI is InChI=1S/C20H25N5O2/c1-14-4-6-16(7-5-14)13-23-19(25-20(27)22-11-3-10-21)24-17-8-9-18(26)15(2)12-17/h4-9,12,19,23-24,26H,3,11,13H2,1-2H3,(H2,22,25,27). The van der Waals surface area contributed by atoms with Crippen molar-refractivity contribution in [1.82, 2.24) is 16.0 Å². The number of urea groups is 1. The van der Waals surface area contributed by atoms with Crippen LogP contribution in [0.3, 0.4) is 0 Å². The van der Waals surface area contributed by atoms with Gasteiger partial charge < -0.3 is 21.1 Å². The molecule has 2 aromatic rings. The Balaban J connectivity index is 2.02. The van der Waals surface area contributed by atoms with Crippen LogP contribution in [0.1, 0.15) is 23.1 Å². The second-order valence-electron chi connectivity index (χ2n) is 6.25. The molecule has 7 nitrogen and oxygen atoms in total. The minimum Gasteiger partial charge on any atom is -0.508 e. The fourth-order valence-electron chi connectivity index (χ4n) is 2.39. The van der Waals surface area contributed by atoms with Gasteiger partial charge in [0.15, 0.2) is 6.29 Å². The summed E-state index contributed by atoms with van der Waals surface area (Å²) in [6, 6.07) is 14.8. The van der Waals surface area contributed by atoms with Crippen molar-refractivity contribution in [1.29, 1.82) is 5.26 Å². The Bertz CT molecular complexity index is 799. The van der Waals surface area contributed by atoms with E-state index in [2.05, 4.69) is 21.3 Å². The van der Waals surface area contributed by atoms with E-state index in [-0.39, 0.29) is 24.7 Å². The summed E-state index contributed by atoms with van der Waals surface area (Å²) >= 11 is 0. The van der Waals surface area contributed by atoms with Crippen LogP contribution in [0.4, 0.5) is 10.5 Å². The predicted molar refractivity (Wildman–Crippen MR) is 105 cm³/mol. The van der Waals surface area contributed by atoms with Crippen LogP contribution in [-0.2, 0) is 6.54 Å². The lowest BCUT2D eigenvalue weighted by Crippen LogP contribution is -2.53. The molecule has 1 atom stereocenters. The maximum absolute atomic E-state index is 12.0. The summed E-state index contributed by atoms with van der Waals surface area (Å²) in [7, 11) is 0. The van der Waals surface area contributed by atoms with Gasteiger partial charge in [0.05, 0.1) is 12.5 Å². The van der Waals surface area contributed by atoms with Crippen LogP contribution in [-0.4, -0.2) is 24.0 Å². The first-order chi connectivity index (χ1) is 13.0. The quantitative estimate of drug-likeness (QED) is 0.280. The zero-order chi connectivity index (χ0) is 19.6. The van der Waals surface area contributed by atoms with Crippen molar-refractivity contribution in [3.63, 3.8) is 0 Å². The molecular formula is C20H25N5O2. The molecule has 0 heterocycles. The third kappa shape index (κ3) is 6.88. The summed E-state index contributed by atoms with van der Waals surface area (Å²) in [6.07, 6.45) is -0.295. The fraction of sp³-hybridized carbons (Fsp3) is 0.300. The lowest BCUT2D eigenvalue weighted by molar-refractivity contribution is 0.236. The summed E-state index contributed by atoms with van der Waals surface area (Å²) in [6.45, 7) is 4.66. The summed E-state index contributed by atoms with van der Waals surface area (Å²) in [4.78, 5) is 12.0. The van der Waals surface area contributed by atoms with Crippen molar-refractivity contribution in [3.05, 3.63) is 59.2 Å². The number of phenols is 1. The number of nitrogens with one attached hydrogen (secondary N) is 4. The Morgan fingerprint density at radius 3 is 2.59 bits per heavy atom. The number of anilines is 1. The molecule has 142 valence electrons. The molecule has 27 heavy (non-hydrogen) atoms. The molecule has 0 aromatic heterocycles. The molecule has 0 radical (unpaired) electrons. The number of carbonyl (C=O) groups is 1. The van der Waals surface area contributed by atoms with Gasteiger partial charge >= 0.3 is 6.03 Å². The lowest BCUT2D eigenvalue weighted by Gasteiger charge is -2.23. The number of hydrogen-bond donors (Lipinski definition) is 5. The number of carbonyl (C=O) groups excluding carboxylic acids is 1. The van der Waals surface area contributed by atoms with Gasteiger partial charge in [-0.2, -0.15) is 5.26 Å². The number of aromatic hydroxyl groups is 1. The summed E-state index contributed by atoms with van der Waals surface area (Å²) in [5.41, 5.74) is 3.75. The second kappa shape index (κ2) is 10.0. The van der Waals surface area contributed by atoms with Crippen LogP contribution >= 0.6 is 0 Å². The largest absolute Gasteiger partial charge is 0.508 e. The van der Waals surface area contributed by atoms with Gasteiger partial charge in [0, 0.05) is 18.8 Å². The van der Waals surface area contributed by atoms with E-state index in [1.54, 1.807) is 25.1 Å². The SMILES string of the molecule is Cc1ccc(CNC(NC(=O)NCCC#N)Nc2ccc(O)c(C)c2)cc1. The summed E-state index contributed by atoms with van der Waals surface area (Å²) in [5.74, 6) is 0.215. The van der Waals surface area contributed by atoms with E-state index in [0.717, 1.165) is 16.8 Å². The number of benzene rings is 2. The van der Waals surface area contributed by atoms with Gasteiger partial charge in [-0.25, -0.2) is 4.79 Å². The Hall–Kier alpha value is -3.24. The van der Waals surface area contributed by atoms with E-state index in [9.17, 15) is 9.90 Å². The van der Waals surface area contributed by atoms with Crippen molar-refractivity contribution in [2.45, 2.75) is 33.1 Å². The van der Waals surface area contributed by atoms with Gasteiger partial charge in [-0.3, -0.25) is 5.32 Å². The highest BCUT2D eigenvalue weighted by molar-refractivity contribution is 5.74. The second-order valence-corrected chi connectivity index (χ2v) is 6.25. The first-order valence-electron chi connectivity index (χ1n) is 8.74. The van der Waals surface area contributed by atoms with E-state index >= 15 is 0 Å². The summed E-state index contributed by atoms with van der Waals surface area (Å²) < 4.78 is 0. The minimum absolute atomic E-state index is 0.215. The fourth-order valence-corrected chi connectivity index (χ4v) is 2.39. The van der Waals surface area contributed by atoms with Gasteiger partial charge in [-0.1, -0.05) is 29.8 Å². The van der Waals surface area contributed by atoms with Crippen molar-refractivity contribution in [2.24, 2.45) is 0 Å². The van der Waals surface area contributed by atoms with E-state index < -0.39 is 6.29 Å². The van der Waals surface area contributed by atoms with Crippen LogP contribution in [0, 0.1) is 25.2 Å². The molecule has 2 amide bonds. The number of nitrogens with zero attached hydrogens (tertiary/aromatic N) is 1. The van der Waals surface area contributed by atoms with E-state index in [1.165, 1.54) is 5.56 Å². The molecule has 0 aliphatic heterocycles. The van der Waals surface area contributed by atoms with Gasteiger partial charge in [0.1, 0.15) is 5.75 Å². The third-order valence-corrected chi connectivity index (χ3v) is 3.94. The van der Waals surface area contributed by atoms with E-state index in [4.69, 9.17) is 5.26 Å². The first-order valence-corrected chi connectivity index (χ1v) is 8.74. The molecule has 0 aliphatic rings. The molecule has 0 saturated carbocycles. The number of aryl methyl sites for hydroxylation is 2. The lowest BCUT2D eigenvalue weighted by atomic mass is 10.1. The maximum Gasteiger partial charge on any atom is 0.317 e. The highest BCUT2D eigenvalue weighted by Crippen LogP contribution is 2.20. The van der Waals surface area contributed by atoms with Crippen molar-refractivity contribution in [3.8, 4) is 11.8 Å². The minimum atomic E-state index is -0.544. The summed E-state index contributed by atoms with van der Waals surface area (Å²) in [5, 5.41) is 30.1. The van der Waals surface area contributed by atoms with Crippen molar-refractivity contribution >= 4 is 11.7 Å². The van der Waals surface area contributed by atoms with Gasteiger partial charge in [-0.15, -0.1) is 0 Å². The molecule has 1 unspecified atom stereocenters. The highest BCUT2D eigenvalue weighted by Gasteiger charge is 2.12.